The van der Waals surface area contributed by atoms with E-state index >= 15 is 0 Å². The Labute approximate surface area is 148 Å². The summed E-state index contributed by atoms with van der Waals surface area (Å²) in [5.74, 6) is 0.395. The second-order valence-electron chi connectivity index (χ2n) is 5.61. The van der Waals surface area contributed by atoms with Crippen LogP contribution < -0.4 is 10.6 Å². The number of hydrogen-bond acceptors (Lipinski definition) is 5. The van der Waals surface area contributed by atoms with Gasteiger partial charge in [0.25, 0.3) is 0 Å². The fourth-order valence-corrected chi connectivity index (χ4v) is 2.40. The van der Waals surface area contributed by atoms with Gasteiger partial charge in [0, 0.05) is 6.54 Å². The number of anilines is 3. The molecule has 0 saturated heterocycles. The molecule has 2 aromatic carbocycles. The third-order valence-electron chi connectivity index (χ3n) is 3.75. The molecule has 0 bridgehead atoms. The van der Waals surface area contributed by atoms with Crippen LogP contribution in [0.4, 0.5) is 30.6 Å². The molecule has 0 spiro atoms. The lowest BCUT2D eigenvalue weighted by Gasteiger charge is -2.14. The summed E-state index contributed by atoms with van der Waals surface area (Å²) in [4.78, 5) is 4.17. The van der Waals surface area contributed by atoms with E-state index in [0.29, 0.717) is 6.54 Å². The van der Waals surface area contributed by atoms with Gasteiger partial charge in [0.05, 0.1) is 17.4 Å². The first-order valence-electron chi connectivity index (χ1n) is 7.85. The zero-order valence-corrected chi connectivity index (χ0v) is 13.9. The van der Waals surface area contributed by atoms with E-state index in [2.05, 4.69) is 25.8 Å². The number of rotatable bonds is 5. The lowest BCUT2D eigenvalue weighted by molar-refractivity contribution is -0.136. The Balaban J connectivity index is 1.75. The van der Waals surface area contributed by atoms with E-state index in [0.717, 1.165) is 17.2 Å². The molecule has 8 heteroatoms. The highest BCUT2D eigenvalue weighted by Crippen LogP contribution is 2.35. The van der Waals surface area contributed by atoms with Gasteiger partial charge in [0.15, 0.2) is 5.82 Å². The predicted molar refractivity (Wildman–Crippen MR) is 93.1 cm³/mol. The minimum absolute atomic E-state index is 0.0923. The minimum atomic E-state index is -4.46. The van der Waals surface area contributed by atoms with Crippen molar-refractivity contribution in [2.45, 2.75) is 19.6 Å². The Bertz CT molecular complexity index is 896. The van der Waals surface area contributed by atoms with Crippen LogP contribution in [0, 0.1) is 6.92 Å². The second-order valence-corrected chi connectivity index (χ2v) is 5.61. The molecule has 134 valence electrons. The number of halogens is 3. The van der Waals surface area contributed by atoms with Crippen LogP contribution in [0.5, 0.6) is 0 Å². The molecule has 5 nitrogen and oxygen atoms in total. The van der Waals surface area contributed by atoms with Gasteiger partial charge in [0.1, 0.15) is 0 Å². The van der Waals surface area contributed by atoms with Crippen molar-refractivity contribution in [1.29, 1.82) is 0 Å². The molecule has 0 unspecified atom stereocenters. The topological polar surface area (TPSA) is 62.7 Å². The molecule has 0 aliphatic rings. The largest absolute Gasteiger partial charge is 0.418 e. The van der Waals surface area contributed by atoms with Gasteiger partial charge in [-0.25, -0.2) is 0 Å². The number of para-hydroxylation sites is 1. The van der Waals surface area contributed by atoms with E-state index in [1.807, 2.05) is 31.2 Å². The van der Waals surface area contributed by atoms with Crippen LogP contribution in [0.3, 0.4) is 0 Å². The SMILES string of the molecule is Cc1ccccc1CNc1nncc(Nc2ccccc2C(F)(F)F)n1. The van der Waals surface area contributed by atoms with Gasteiger partial charge in [-0.05, 0) is 30.2 Å². The maximum atomic E-state index is 13.1. The summed E-state index contributed by atoms with van der Waals surface area (Å²) < 4.78 is 39.2. The quantitative estimate of drug-likeness (QED) is 0.699. The van der Waals surface area contributed by atoms with Gasteiger partial charge in [-0.1, -0.05) is 36.4 Å². The summed E-state index contributed by atoms with van der Waals surface area (Å²) in [6.45, 7) is 2.47. The van der Waals surface area contributed by atoms with Crippen molar-refractivity contribution >= 4 is 17.5 Å². The molecule has 26 heavy (non-hydrogen) atoms. The van der Waals surface area contributed by atoms with Crippen molar-refractivity contribution in [3.05, 3.63) is 71.4 Å². The molecule has 0 fully saturated rings. The lowest BCUT2D eigenvalue weighted by atomic mass is 10.1. The van der Waals surface area contributed by atoms with E-state index < -0.39 is 11.7 Å². The van der Waals surface area contributed by atoms with Crippen LogP contribution >= 0.6 is 0 Å². The number of benzene rings is 2. The van der Waals surface area contributed by atoms with Crippen molar-refractivity contribution in [2.75, 3.05) is 10.6 Å². The molecule has 3 aromatic rings. The summed E-state index contributed by atoms with van der Waals surface area (Å²) in [6.07, 6.45) is -3.19. The van der Waals surface area contributed by atoms with Gasteiger partial charge < -0.3 is 10.6 Å². The second kappa shape index (κ2) is 7.38. The lowest BCUT2D eigenvalue weighted by Crippen LogP contribution is -2.10. The Morgan fingerprint density at radius 2 is 1.73 bits per heavy atom. The maximum absolute atomic E-state index is 13.1. The van der Waals surface area contributed by atoms with E-state index in [4.69, 9.17) is 0 Å². The zero-order valence-electron chi connectivity index (χ0n) is 13.9. The van der Waals surface area contributed by atoms with Crippen molar-refractivity contribution < 1.29 is 13.2 Å². The van der Waals surface area contributed by atoms with Gasteiger partial charge in [-0.2, -0.15) is 23.3 Å². The molecule has 0 saturated carbocycles. The summed E-state index contributed by atoms with van der Waals surface area (Å²) in [7, 11) is 0. The number of alkyl halides is 3. The number of nitrogens with zero attached hydrogens (tertiary/aromatic N) is 3. The number of hydrogen-bond donors (Lipinski definition) is 2. The predicted octanol–water partition coefficient (Wildman–Crippen LogP) is 4.55. The molecule has 1 aromatic heterocycles. The van der Waals surface area contributed by atoms with Gasteiger partial charge >= 0.3 is 6.18 Å². The fourth-order valence-electron chi connectivity index (χ4n) is 2.40. The van der Waals surface area contributed by atoms with E-state index in [1.54, 1.807) is 0 Å². The molecule has 0 aliphatic heterocycles. The number of aromatic nitrogens is 3. The monoisotopic (exact) mass is 359 g/mol. The highest BCUT2D eigenvalue weighted by molar-refractivity contribution is 5.61. The Kier molecular flexibility index (Phi) is 5.01. The van der Waals surface area contributed by atoms with Crippen LogP contribution in [-0.4, -0.2) is 15.2 Å². The molecule has 2 N–H and O–H groups in total. The molecule has 3 rings (SSSR count). The van der Waals surface area contributed by atoms with Gasteiger partial charge in [0.2, 0.25) is 5.95 Å². The minimum Gasteiger partial charge on any atom is -0.349 e. The standard InChI is InChI=1S/C18H16F3N5/c1-12-6-2-3-7-13(12)10-22-17-25-16(11-23-26-17)24-15-9-5-4-8-14(15)18(19,20)21/h2-9,11H,10H2,1H3,(H2,22,24,25,26). The van der Waals surface area contributed by atoms with E-state index in [1.165, 1.54) is 24.4 Å². The van der Waals surface area contributed by atoms with Crippen molar-refractivity contribution in [3.63, 3.8) is 0 Å². The maximum Gasteiger partial charge on any atom is 0.418 e. The molecule has 0 radical (unpaired) electrons. The summed E-state index contributed by atoms with van der Waals surface area (Å²) in [6, 6.07) is 13.0. The molecule has 0 atom stereocenters. The van der Waals surface area contributed by atoms with Gasteiger partial charge in [-0.3, -0.25) is 0 Å². The van der Waals surface area contributed by atoms with Crippen LogP contribution in [-0.2, 0) is 12.7 Å². The van der Waals surface area contributed by atoms with Crippen LogP contribution in [0.2, 0.25) is 0 Å². The fraction of sp³-hybridized carbons (Fsp3) is 0.167. The van der Waals surface area contributed by atoms with Crippen LogP contribution in [0.25, 0.3) is 0 Å². The number of nitrogens with one attached hydrogen (secondary N) is 2. The first kappa shape index (κ1) is 17.7. The molecule has 0 aliphatic carbocycles. The molecular weight excluding hydrogens is 343 g/mol. The van der Waals surface area contributed by atoms with Crippen LogP contribution in [0.15, 0.2) is 54.7 Å². The smallest absolute Gasteiger partial charge is 0.349 e. The Morgan fingerprint density at radius 3 is 2.50 bits per heavy atom. The number of aryl methyl sites for hydroxylation is 1. The van der Waals surface area contributed by atoms with Crippen molar-refractivity contribution in [1.82, 2.24) is 15.2 Å². The van der Waals surface area contributed by atoms with E-state index in [9.17, 15) is 13.2 Å². The Morgan fingerprint density at radius 1 is 1.00 bits per heavy atom. The average molecular weight is 359 g/mol. The molecule has 1 heterocycles. The summed E-state index contributed by atoms with van der Waals surface area (Å²) in [5, 5.41) is 13.3. The highest BCUT2D eigenvalue weighted by atomic mass is 19.4. The molecule has 0 amide bonds. The first-order valence-corrected chi connectivity index (χ1v) is 7.85. The normalized spacial score (nSPS) is 11.2. The summed E-state index contributed by atoms with van der Waals surface area (Å²) in [5.41, 5.74) is 1.32. The van der Waals surface area contributed by atoms with Crippen molar-refractivity contribution in [3.8, 4) is 0 Å². The third kappa shape index (κ3) is 4.27. The zero-order chi connectivity index (χ0) is 18.6. The third-order valence-corrected chi connectivity index (χ3v) is 3.75. The average Bonchev–Trinajstić information content (AvgIpc) is 2.61. The summed E-state index contributed by atoms with van der Waals surface area (Å²) >= 11 is 0. The van der Waals surface area contributed by atoms with Gasteiger partial charge in [-0.15, -0.1) is 5.10 Å². The van der Waals surface area contributed by atoms with E-state index in [-0.39, 0.29) is 17.5 Å². The van der Waals surface area contributed by atoms with Crippen molar-refractivity contribution in [2.24, 2.45) is 0 Å². The van der Waals surface area contributed by atoms with Crippen LogP contribution in [0.1, 0.15) is 16.7 Å². The Hall–Kier alpha value is -3.16. The highest BCUT2D eigenvalue weighted by Gasteiger charge is 2.33. The first-order chi connectivity index (χ1) is 12.4. The molecular formula is C18H16F3N5.